The van der Waals surface area contributed by atoms with Crippen LogP contribution in [0.5, 0.6) is 0 Å². The number of nitrogens with one attached hydrogen (secondary N) is 1. The topological polar surface area (TPSA) is 95.4 Å². The third kappa shape index (κ3) is 5.20. The van der Waals surface area contributed by atoms with E-state index in [0.717, 1.165) is 12.3 Å². The molecule has 0 radical (unpaired) electrons. The van der Waals surface area contributed by atoms with Crippen molar-refractivity contribution in [2.24, 2.45) is 5.92 Å². The predicted octanol–water partition coefficient (Wildman–Crippen LogP) is 5.43. The van der Waals surface area contributed by atoms with Crippen molar-refractivity contribution in [3.63, 3.8) is 0 Å². The molecule has 1 fully saturated rings. The SMILES string of the molecule is O=C(N[C@H]1CC[C@H](CN2C(=O)C(O)(c3ccc(Cl)cn3)c3cc(F)ccc32)CC1)c1cc(Cl)cnc1C(F)F. The van der Waals surface area contributed by atoms with Gasteiger partial charge >= 0.3 is 0 Å². The highest BCUT2D eigenvalue weighted by atomic mass is 35.5. The first kappa shape index (κ1) is 27.4. The summed E-state index contributed by atoms with van der Waals surface area (Å²) in [5.74, 6) is -1.89. The van der Waals surface area contributed by atoms with E-state index in [1.165, 1.54) is 41.4 Å². The van der Waals surface area contributed by atoms with E-state index in [-0.39, 0.29) is 40.3 Å². The summed E-state index contributed by atoms with van der Waals surface area (Å²) in [4.78, 5) is 35.5. The summed E-state index contributed by atoms with van der Waals surface area (Å²) in [6, 6.07) is 7.66. The Labute approximate surface area is 232 Å². The molecule has 5 rings (SSSR count). The Morgan fingerprint density at radius 1 is 1.08 bits per heavy atom. The van der Waals surface area contributed by atoms with Crippen molar-refractivity contribution >= 4 is 40.7 Å². The van der Waals surface area contributed by atoms with Crippen LogP contribution in [0.4, 0.5) is 18.9 Å². The highest BCUT2D eigenvalue weighted by molar-refractivity contribution is 6.31. The molecule has 7 nitrogen and oxygen atoms in total. The second-order valence-corrected chi connectivity index (χ2v) is 10.6. The molecular weight excluding hydrogens is 556 g/mol. The first-order valence-electron chi connectivity index (χ1n) is 12.3. The predicted molar refractivity (Wildman–Crippen MR) is 138 cm³/mol. The van der Waals surface area contributed by atoms with Crippen molar-refractivity contribution in [1.29, 1.82) is 0 Å². The van der Waals surface area contributed by atoms with Gasteiger partial charge in [0.25, 0.3) is 18.2 Å². The van der Waals surface area contributed by atoms with Crippen LogP contribution in [-0.2, 0) is 10.4 Å². The van der Waals surface area contributed by atoms with Gasteiger partial charge in [-0.15, -0.1) is 0 Å². The van der Waals surface area contributed by atoms with Crippen LogP contribution in [0.2, 0.25) is 10.0 Å². The molecule has 0 bridgehead atoms. The zero-order chi connectivity index (χ0) is 27.9. The zero-order valence-corrected chi connectivity index (χ0v) is 21.9. The van der Waals surface area contributed by atoms with Crippen molar-refractivity contribution < 1.29 is 27.9 Å². The Morgan fingerprint density at radius 2 is 1.79 bits per heavy atom. The van der Waals surface area contributed by atoms with E-state index in [2.05, 4.69) is 15.3 Å². The van der Waals surface area contributed by atoms with Gasteiger partial charge < -0.3 is 15.3 Å². The summed E-state index contributed by atoms with van der Waals surface area (Å²) in [6.07, 6.45) is 1.81. The van der Waals surface area contributed by atoms with Gasteiger partial charge in [-0.3, -0.25) is 19.6 Å². The second-order valence-electron chi connectivity index (χ2n) is 9.73. The summed E-state index contributed by atoms with van der Waals surface area (Å²) in [7, 11) is 0. The van der Waals surface area contributed by atoms with E-state index < -0.39 is 35.4 Å². The molecule has 2 N–H and O–H groups in total. The summed E-state index contributed by atoms with van der Waals surface area (Å²) in [6.45, 7) is 0.266. The minimum atomic E-state index is -2.92. The lowest BCUT2D eigenvalue weighted by atomic mass is 9.85. The van der Waals surface area contributed by atoms with E-state index >= 15 is 0 Å². The van der Waals surface area contributed by atoms with E-state index in [9.17, 15) is 27.9 Å². The fraction of sp³-hybridized carbons (Fsp3) is 0.333. The summed E-state index contributed by atoms with van der Waals surface area (Å²) in [5, 5.41) is 14.7. The quantitative estimate of drug-likeness (QED) is 0.406. The maximum Gasteiger partial charge on any atom is 0.281 e. The number of fused-ring (bicyclic) bond motifs is 1. The molecule has 0 spiro atoms. The molecule has 2 aromatic heterocycles. The number of benzene rings is 1. The average molecular weight is 579 g/mol. The van der Waals surface area contributed by atoms with Crippen LogP contribution < -0.4 is 10.2 Å². The van der Waals surface area contributed by atoms with E-state index in [1.54, 1.807) is 0 Å². The first-order valence-corrected chi connectivity index (χ1v) is 13.0. The van der Waals surface area contributed by atoms with Crippen molar-refractivity contribution in [3.05, 3.63) is 87.2 Å². The molecule has 1 aliphatic carbocycles. The third-order valence-corrected chi connectivity index (χ3v) is 7.68. The molecule has 3 aromatic rings. The van der Waals surface area contributed by atoms with Gasteiger partial charge in [0.1, 0.15) is 11.5 Å². The minimum absolute atomic E-state index is 0.0185. The lowest BCUT2D eigenvalue weighted by Crippen LogP contribution is -2.45. The third-order valence-electron chi connectivity index (χ3n) is 7.25. The largest absolute Gasteiger partial charge is 0.370 e. The number of pyridine rings is 2. The van der Waals surface area contributed by atoms with Crippen molar-refractivity contribution in [2.75, 3.05) is 11.4 Å². The summed E-state index contributed by atoms with van der Waals surface area (Å²) in [5.41, 5.74) is -2.52. The molecule has 1 saturated carbocycles. The second kappa shape index (κ2) is 10.7. The fourth-order valence-corrected chi connectivity index (χ4v) is 5.56. The highest BCUT2D eigenvalue weighted by Crippen LogP contribution is 2.45. The Hall–Kier alpha value is -3.21. The van der Waals surface area contributed by atoms with Crippen LogP contribution in [0.25, 0.3) is 0 Å². The summed E-state index contributed by atoms with van der Waals surface area (Å²) >= 11 is 11.8. The van der Waals surface area contributed by atoms with Crippen LogP contribution in [0.15, 0.2) is 48.8 Å². The van der Waals surface area contributed by atoms with Gasteiger partial charge in [-0.25, -0.2) is 13.2 Å². The number of hydrogen-bond acceptors (Lipinski definition) is 5. The highest BCUT2D eigenvalue weighted by Gasteiger charge is 2.52. The number of aromatic nitrogens is 2. The van der Waals surface area contributed by atoms with E-state index in [0.29, 0.717) is 36.4 Å². The molecule has 3 heterocycles. The Balaban J connectivity index is 1.28. The van der Waals surface area contributed by atoms with E-state index in [4.69, 9.17) is 23.2 Å². The molecule has 1 aliphatic heterocycles. The number of amides is 2. The maximum absolute atomic E-state index is 14.2. The van der Waals surface area contributed by atoms with Crippen LogP contribution in [-0.4, -0.2) is 39.5 Å². The molecule has 204 valence electrons. The van der Waals surface area contributed by atoms with E-state index in [1.807, 2.05) is 0 Å². The Bertz CT molecular complexity index is 1420. The van der Waals surface area contributed by atoms with Crippen LogP contribution in [0, 0.1) is 11.7 Å². The fourth-order valence-electron chi connectivity index (χ4n) is 5.29. The van der Waals surface area contributed by atoms with Gasteiger partial charge in [0, 0.05) is 30.5 Å². The smallest absolute Gasteiger partial charge is 0.281 e. The van der Waals surface area contributed by atoms with Gasteiger partial charge in [-0.1, -0.05) is 23.2 Å². The number of carbonyl (C=O) groups is 2. The number of nitrogens with zero attached hydrogens (tertiary/aromatic N) is 3. The Kier molecular flexibility index (Phi) is 7.54. The monoisotopic (exact) mass is 578 g/mol. The van der Waals surface area contributed by atoms with Crippen LogP contribution in [0.3, 0.4) is 0 Å². The number of aliphatic hydroxyl groups is 1. The summed E-state index contributed by atoms with van der Waals surface area (Å²) < 4.78 is 40.8. The number of carbonyl (C=O) groups excluding carboxylic acids is 2. The average Bonchev–Trinajstić information content (AvgIpc) is 3.11. The standard InChI is InChI=1S/C27H23Cl2F3N4O3/c28-15-3-8-22(33-11-15)27(39)20-10-17(30)4-7-21(20)36(26(27)38)13-14-1-5-18(6-2-14)35-25(37)19-9-16(29)12-34-23(19)24(31)32/h3-4,7-12,14,18,24,39H,1-2,5-6,13H2,(H,35,37)/t14-,18-,27?. The Morgan fingerprint density at radius 3 is 2.46 bits per heavy atom. The lowest BCUT2D eigenvalue weighted by Gasteiger charge is -2.32. The molecule has 1 atom stereocenters. The first-order chi connectivity index (χ1) is 18.6. The van der Waals surface area contributed by atoms with Crippen LogP contribution >= 0.6 is 23.2 Å². The number of alkyl halides is 2. The number of halogens is 5. The number of rotatable bonds is 6. The zero-order valence-electron chi connectivity index (χ0n) is 20.4. The molecule has 0 saturated heterocycles. The van der Waals surface area contributed by atoms with Crippen molar-refractivity contribution in [3.8, 4) is 0 Å². The molecule has 12 heteroatoms. The lowest BCUT2D eigenvalue weighted by molar-refractivity contribution is -0.132. The van der Waals surface area contributed by atoms with Gasteiger partial charge in [0.05, 0.1) is 27.0 Å². The van der Waals surface area contributed by atoms with Crippen molar-refractivity contribution in [1.82, 2.24) is 15.3 Å². The molecule has 1 unspecified atom stereocenters. The van der Waals surface area contributed by atoms with Crippen molar-refractivity contribution in [2.45, 2.75) is 43.8 Å². The molecule has 2 aliphatic rings. The van der Waals surface area contributed by atoms with Gasteiger partial charge in [0.2, 0.25) is 5.60 Å². The number of anilines is 1. The normalized spacial score (nSPS) is 22.7. The molecule has 1 aromatic carbocycles. The maximum atomic E-state index is 14.2. The van der Waals surface area contributed by atoms with Gasteiger partial charge in [-0.2, -0.15) is 0 Å². The molecular formula is C27H23Cl2F3N4O3. The van der Waals surface area contributed by atoms with Gasteiger partial charge in [0.15, 0.2) is 0 Å². The number of hydrogen-bond donors (Lipinski definition) is 2. The van der Waals surface area contributed by atoms with Crippen LogP contribution in [0.1, 0.15) is 59.4 Å². The van der Waals surface area contributed by atoms with Gasteiger partial charge in [-0.05, 0) is 68.0 Å². The minimum Gasteiger partial charge on any atom is -0.370 e. The molecule has 39 heavy (non-hydrogen) atoms. The molecule has 2 amide bonds.